The molecular weight excluding hydrogens is 570 g/mol. The molecule has 0 radical (unpaired) electrons. The maximum Gasteiger partial charge on any atom is 0.224 e. The van der Waals surface area contributed by atoms with Crippen LogP contribution in [0.15, 0.2) is 35.8 Å². The van der Waals surface area contributed by atoms with Crippen LogP contribution in [-0.2, 0) is 17.8 Å². The van der Waals surface area contributed by atoms with Crippen LogP contribution < -0.4 is 19.7 Å². The van der Waals surface area contributed by atoms with Gasteiger partial charge in [0, 0.05) is 56.0 Å². The highest BCUT2D eigenvalue weighted by atomic mass is 79.9. The number of Topliss-reactive ketones (excluding diaryl/α,β-unsaturated/α-hetero) is 1. The summed E-state index contributed by atoms with van der Waals surface area (Å²) >= 11 is 1.48. The Bertz CT molecular complexity index is 1340. The van der Waals surface area contributed by atoms with Crippen molar-refractivity contribution in [3.63, 3.8) is 0 Å². The van der Waals surface area contributed by atoms with Crippen LogP contribution in [0.5, 0.6) is 11.5 Å². The number of methoxy groups -OCH3 is 1. The molecule has 0 bridgehead atoms. The number of thiazole rings is 1. The van der Waals surface area contributed by atoms with Gasteiger partial charge >= 0.3 is 0 Å². The fraction of sp³-hybridized carbons (Fsp3) is 0.333. The van der Waals surface area contributed by atoms with Gasteiger partial charge in [-0.05, 0) is 36.8 Å². The molecule has 1 aliphatic rings. The molecule has 38 heavy (non-hydrogen) atoms. The lowest BCUT2D eigenvalue weighted by atomic mass is 10.0. The Kier molecular flexibility index (Phi) is 9.50. The Labute approximate surface area is 237 Å². The quantitative estimate of drug-likeness (QED) is 0.336. The van der Waals surface area contributed by atoms with Crippen molar-refractivity contribution in [2.24, 2.45) is 0 Å². The van der Waals surface area contributed by atoms with Crippen LogP contribution in [-0.4, -0.2) is 68.8 Å². The Balaban J connectivity index is 0.00000400. The number of carbonyl (C=O) groups is 2. The lowest BCUT2D eigenvalue weighted by Gasteiger charge is -2.21. The normalized spacial score (nSPS) is 12.0. The third-order valence-corrected chi connectivity index (χ3v) is 7.03. The van der Waals surface area contributed by atoms with E-state index in [2.05, 4.69) is 10.3 Å². The van der Waals surface area contributed by atoms with Crippen molar-refractivity contribution in [3.8, 4) is 22.1 Å². The SMILES string of the molecule is Br.CCOc1cc2c(cc1CC(=O)NC)C(=N)N(CC(=O)c1cc(-c3nccs3)c(OC)c(N(C)C)c1)C2. The predicted octanol–water partition coefficient (Wildman–Crippen LogP) is 4.17. The summed E-state index contributed by atoms with van der Waals surface area (Å²) in [6, 6.07) is 7.35. The molecule has 1 aliphatic heterocycles. The van der Waals surface area contributed by atoms with Gasteiger partial charge in [-0.1, -0.05) is 0 Å². The standard InChI is InChI=1S/C27H31N5O4S.BrH/c1-6-36-23-12-18-14-32(26(28)19(18)10-17(23)13-24(34)29-2)15-22(33)16-9-20(27-30-7-8-37-27)25(35-5)21(11-16)31(3)4;/h7-12,28H,6,13-15H2,1-5H3,(H,29,34);1H. The van der Waals surface area contributed by atoms with Crippen LogP contribution in [0.25, 0.3) is 10.6 Å². The molecule has 0 unspecified atom stereocenters. The highest BCUT2D eigenvalue weighted by Crippen LogP contribution is 2.40. The zero-order valence-corrected chi connectivity index (χ0v) is 24.6. The Hall–Kier alpha value is -3.44. The number of anilines is 1. The smallest absolute Gasteiger partial charge is 0.224 e. The van der Waals surface area contributed by atoms with Gasteiger partial charge in [-0.2, -0.15) is 0 Å². The number of fused-ring (bicyclic) bond motifs is 1. The van der Waals surface area contributed by atoms with E-state index in [1.807, 2.05) is 55.6 Å². The number of halogens is 1. The highest BCUT2D eigenvalue weighted by Gasteiger charge is 2.29. The van der Waals surface area contributed by atoms with E-state index in [-0.39, 0.29) is 47.5 Å². The highest BCUT2D eigenvalue weighted by molar-refractivity contribution is 8.93. The number of benzene rings is 2. The first-order chi connectivity index (χ1) is 17.8. The van der Waals surface area contributed by atoms with Crippen molar-refractivity contribution in [1.82, 2.24) is 15.2 Å². The molecule has 11 heteroatoms. The molecule has 2 N–H and O–H groups in total. The fourth-order valence-electron chi connectivity index (χ4n) is 4.40. The Morgan fingerprint density at radius 2 is 1.97 bits per heavy atom. The van der Waals surface area contributed by atoms with E-state index in [9.17, 15) is 9.59 Å². The minimum absolute atomic E-state index is 0. The van der Waals surface area contributed by atoms with Gasteiger partial charge in [-0.3, -0.25) is 15.0 Å². The third kappa shape index (κ3) is 5.83. The molecule has 0 fully saturated rings. The van der Waals surface area contributed by atoms with Gasteiger partial charge in [-0.15, -0.1) is 28.3 Å². The van der Waals surface area contributed by atoms with Gasteiger partial charge in [0.05, 0.1) is 37.9 Å². The van der Waals surface area contributed by atoms with Crippen LogP contribution in [0.4, 0.5) is 5.69 Å². The molecule has 2 heterocycles. The Morgan fingerprint density at radius 3 is 2.58 bits per heavy atom. The number of nitrogens with zero attached hydrogens (tertiary/aromatic N) is 3. The van der Waals surface area contributed by atoms with Crippen LogP contribution >= 0.6 is 28.3 Å². The number of amides is 1. The summed E-state index contributed by atoms with van der Waals surface area (Å²) in [5, 5.41) is 14.0. The van der Waals surface area contributed by atoms with Crippen molar-refractivity contribution in [1.29, 1.82) is 5.41 Å². The fourth-order valence-corrected chi connectivity index (χ4v) is 5.05. The zero-order chi connectivity index (χ0) is 26.7. The van der Waals surface area contributed by atoms with Crippen LogP contribution in [0.1, 0.15) is 34.0 Å². The number of rotatable bonds is 10. The first-order valence-electron chi connectivity index (χ1n) is 11.9. The summed E-state index contributed by atoms with van der Waals surface area (Å²) in [5.41, 5.74) is 4.38. The number of ether oxygens (including phenoxy) is 2. The van der Waals surface area contributed by atoms with E-state index in [0.29, 0.717) is 35.8 Å². The number of aromatic nitrogens is 1. The number of likely N-dealkylation sites (N-methyl/N-ethyl adjacent to an activating group) is 1. The molecule has 1 amide bonds. The molecule has 9 nitrogen and oxygen atoms in total. The zero-order valence-electron chi connectivity index (χ0n) is 22.1. The molecule has 0 atom stereocenters. The lowest BCUT2D eigenvalue weighted by Crippen LogP contribution is -2.30. The summed E-state index contributed by atoms with van der Waals surface area (Å²) in [6.45, 7) is 2.81. The molecule has 0 aliphatic carbocycles. The number of ketones is 1. The summed E-state index contributed by atoms with van der Waals surface area (Å²) in [4.78, 5) is 33.6. The molecule has 1 aromatic heterocycles. The number of hydrogen-bond acceptors (Lipinski definition) is 8. The minimum atomic E-state index is -0.135. The van der Waals surface area contributed by atoms with Gasteiger partial charge in [0.25, 0.3) is 0 Å². The number of carbonyl (C=O) groups excluding carboxylic acids is 2. The molecule has 0 saturated heterocycles. The molecule has 3 aromatic rings. The van der Waals surface area contributed by atoms with Gasteiger partial charge in [-0.25, -0.2) is 4.98 Å². The van der Waals surface area contributed by atoms with Crippen LogP contribution in [0.3, 0.4) is 0 Å². The van der Waals surface area contributed by atoms with Crippen molar-refractivity contribution in [3.05, 3.63) is 58.1 Å². The first kappa shape index (κ1) is 29.1. The average molecular weight is 603 g/mol. The van der Waals surface area contributed by atoms with Crippen LogP contribution in [0, 0.1) is 5.41 Å². The second-order valence-corrected chi connectivity index (χ2v) is 9.73. The maximum absolute atomic E-state index is 13.5. The summed E-state index contributed by atoms with van der Waals surface area (Å²) in [5.74, 6) is 1.29. The van der Waals surface area contributed by atoms with E-state index in [1.54, 1.807) is 25.3 Å². The van der Waals surface area contributed by atoms with E-state index in [1.165, 1.54) is 11.3 Å². The van der Waals surface area contributed by atoms with Gasteiger partial charge in [0.2, 0.25) is 5.91 Å². The molecule has 202 valence electrons. The predicted molar refractivity (Wildman–Crippen MR) is 156 cm³/mol. The first-order valence-corrected chi connectivity index (χ1v) is 12.8. The van der Waals surface area contributed by atoms with Crippen molar-refractivity contribution in [2.75, 3.05) is 46.3 Å². The molecule has 2 aromatic carbocycles. The van der Waals surface area contributed by atoms with E-state index in [0.717, 1.165) is 27.4 Å². The monoisotopic (exact) mass is 601 g/mol. The second-order valence-electron chi connectivity index (χ2n) is 8.84. The average Bonchev–Trinajstić information content (AvgIpc) is 3.52. The largest absolute Gasteiger partial charge is 0.494 e. The van der Waals surface area contributed by atoms with Gasteiger partial charge in [0.15, 0.2) is 11.5 Å². The number of hydrogen-bond donors (Lipinski definition) is 2. The van der Waals surface area contributed by atoms with Gasteiger partial charge < -0.3 is 24.6 Å². The molecule has 0 saturated carbocycles. The summed E-state index contributed by atoms with van der Waals surface area (Å²) < 4.78 is 11.5. The molecule has 0 spiro atoms. The number of amidine groups is 1. The Morgan fingerprint density at radius 1 is 1.21 bits per heavy atom. The molecular formula is C27H32BrN5O4S. The second kappa shape index (κ2) is 12.4. The van der Waals surface area contributed by atoms with Gasteiger partial charge in [0.1, 0.15) is 16.6 Å². The minimum Gasteiger partial charge on any atom is -0.494 e. The molecule has 4 rings (SSSR count). The number of nitrogens with one attached hydrogen (secondary N) is 2. The summed E-state index contributed by atoms with van der Waals surface area (Å²) in [6.07, 6.45) is 1.88. The van der Waals surface area contributed by atoms with Crippen molar-refractivity contribution < 1.29 is 19.1 Å². The maximum atomic E-state index is 13.5. The third-order valence-electron chi connectivity index (χ3n) is 6.22. The van der Waals surface area contributed by atoms with Crippen LogP contribution in [0.2, 0.25) is 0 Å². The van der Waals surface area contributed by atoms with E-state index >= 15 is 0 Å². The topological polar surface area (TPSA) is 108 Å². The van der Waals surface area contributed by atoms with E-state index in [4.69, 9.17) is 14.9 Å². The van der Waals surface area contributed by atoms with E-state index < -0.39 is 0 Å². The summed E-state index contributed by atoms with van der Waals surface area (Å²) in [7, 11) is 7.00. The van der Waals surface area contributed by atoms with Crippen molar-refractivity contribution in [2.45, 2.75) is 19.9 Å². The van der Waals surface area contributed by atoms with Crippen molar-refractivity contribution >= 4 is 51.5 Å². The lowest BCUT2D eigenvalue weighted by molar-refractivity contribution is -0.119.